The predicted molar refractivity (Wildman–Crippen MR) is 75.1 cm³/mol. The molecule has 1 unspecified atom stereocenters. The van der Waals surface area contributed by atoms with Crippen molar-refractivity contribution < 1.29 is 4.74 Å². The van der Waals surface area contributed by atoms with Gasteiger partial charge in [0.1, 0.15) is 11.9 Å². The van der Waals surface area contributed by atoms with Crippen LogP contribution < -0.4 is 9.57 Å². The molecule has 0 saturated carbocycles. The second kappa shape index (κ2) is 6.64. The molecule has 0 aliphatic rings. The summed E-state index contributed by atoms with van der Waals surface area (Å²) in [4.78, 5) is 2.62. The fourth-order valence-corrected chi connectivity index (χ4v) is 1.91. The van der Waals surface area contributed by atoms with E-state index in [1.807, 2.05) is 42.5 Å². The van der Waals surface area contributed by atoms with Gasteiger partial charge in [0.25, 0.3) is 0 Å². The Bertz CT molecular complexity index is 473. The summed E-state index contributed by atoms with van der Waals surface area (Å²) in [6, 6.07) is 17.2. The van der Waals surface area contributed by atoms with E-state index in [1.54, 1.807) is 12.1 Å². The molecule has 0 heterocycles. The second-order valence-electron chi connectivity index (χ2n) is 3.81. The van der Waals surface area contributed by atoms with E-state index >= 15 is 0 Å². The van der Waals surface area contributed by atoms with Gasteiger partial charge in [0.15, 0.2) is 0 Å². The Kier molecular flexibility index (Phi) is 4.88. The van der Waals surface area contributed by atoms with Crippen molar-refractivity contribution in [2.75, 3.05) is 6.54 Å². The zero-order valence-corrected chi connectivity index (χ0v) is 11.2. The Morgan fingerprint density at radius 3 is 2.28 bits per heavy atom. The van der Waals surface area contributed by atoms with Crippen LogP contribution in [0.15, 0.2) is 54.6 Å². The van der Waals surface area contributed by atoms with Gasteiger partial charge in [-0.2, -0.15) is 0 Å². The molecule has 0 amide bonds. The number of rotatable bonds is 5. The monoisotopic (exact) mass is 281 g/mol. The van der Waals surface area contributed by atoms with E-state index in [0.717, 1.165) is 11.3 Å². The van der Waals surface area contributed by atoms with Gasteiger partial charge in [-0.3, -0.25) is 0 Å². The molecule has 18 heavy (non-hydrogen) atoms. The minimum atomic E-state index is -0.134. The lowest BCUT2D eigenvalue weighted by Gasteiger charge is -2.18. The van der Waals surface area contributed by atoms with Gasteiger partial charge in [0.05, 0.1) is 6.54 Å². The normalized spacial score (nSPS) is 12.1. The average Bonchev–Trinajstić information content (AvgIpc) is 2.42. The number of ether oxygens (including phenoxy) is 1. The van der Waals surface area contributed by atoms with Crippen LogP contribution in [0.4, 0.5) is 0 Å². The van der Waals surface area contributed by atoms with Gasteiger partial charge in [-0.05, 0) is 41.6 Å². The van der Waals surface area contributed by atoms with E-state index in [4.69, 9.17) is 28.1 Å². The quantitative estimate of drug-likeness (QED) is 0.830. The molecule has 0 spiro atoms. The second-order valence-corrected chi connectivity index (χ2v) is 4.51. The number of nitrogens with one attached hydrogen (secondary N) is 1. The van der Waals surface area contributed by atoms with Crippen molar-refractivity contribution in [1.82, 2.24) is 4.84 Å². The number of hydrogen-bond donors (Lipinski definition) is 1. The molecule has 1 N–H and O–H groups in total. The average molecular weight is 282 g/mol. The first-order chi connectivity index (χ1) is 8.79. The molecule has 0 aromatic heterocycles. The van der Waals surface area contributed by atoms with Crippen LogP contribution in [0.25, 0.3) is 0 Å². The van der Waals surface area contributed by atoms with Gasteiger partial charge in [-0.15, -0.1) is 0 Å². The third-order valence-corrected chi connectivity index (χ3v) is 2.93. The summed E-state index contributed by atoms with van der Waals surface area (Å²) >= 11 is 11.4. The summed E-state index contributed by atoms with van der Waals surface area (Å²) in [6.45, 7) is 0.522. The Labute approximate surface area is 117 Å². The van der Waals surface area contributed by atoms with E-state index in [9.17, 15) is 0 Å². The Hall–Kier alpha value is -1.22. The van der Waals surface area contributed by atoms with Gasteiger partial charge in [-0.1, -0.05) is 41.9 Å². The number of benzene rings is 2. The number of halogens is 2. The Morgan fingerprint density at radius 1 is 1.00 bits per heavy atom. The van der Waals surface area contributed by atoms with Crippen molar-refractivity contribution in [3.8, 4) is 5.75 Å². The summed E-state index contributed by atoms with van der Waals surface area (Å²) in [6.07, 6.45) is -0.134. The molecule has 0 bridgehead atoms. The fraction of sp³-hybridized carbons (Fsp3) is 0.143. The molecule has 2 aromatic carbocycles. The van der Waals surface area contributed by atoms with E-state index in [0.29, 0.717) is 11.6 Å². The highest BCUT2D eigenvalue weighted by atomic mass is 35.5. The van der Waals surface area contributed by atoms with Crippen molar-refractivity contribution in [3.63, 3.8) is 0 Å². The zero-order chi connectivity index (χ0) is 12.8. The summed E-state index contributed by atoms with van der Waals surface area (Å²) < 4.78 is 5.89. The molecule has 0 radical (unpaired) electrons. The maximum absolute atomic E-state index is 5.89. The molecule has 1 atom stereocenters. The van der Waals surface area contributed by atoms with Gasteiger partial charge >= 0.3 is 0 Å². The van der Waals surface area contributed by atoms with Crippen molar-refractivity contribution >= 4 is 23.4 Å². The van der Waals surface area contributed by atoms with Gasteiger partial charge < -0.3 is 4.74 Å². The first-order valence-corrected chi connectivity index (χ1v) is 6.36. The van der Waals surface area contributed by atoms with Gasteiger partial charge in [0, 0.05) is 5.02 Å². The van der Waals surface area contributed by atoms with Crippen LogP contribution in [0.5, 0.6) is 5.75 Å². The smallest absolute Gasteiger partial charge is 0.137 e. The molecule has 2 nitrogen and oxygen atoms in total. The van der Waals surface area contributed by atoms with Gasteiger partial charge in [0.2, 0.25) is 0 Å². The lowest BCUT2D eigenvalue weighted by atomic mass is 10.1. The van der Waals surface area contributed by atoms with E-state index in [-0.39, 0.29) is 6.10 Å². The van der Waals surface area contributed by atoms with E-state index in [2.05, 4.69) is 4.84 Å². The highest BCUT2D eigenvalue weighted by Gasteiger charge is 2.12. The van der Waals surface area contributed by atoms with E-state index in [1.165, 1.54) is 0 Å². The Morgan fingerprint density at radius 2 is 1.67 bits per heavy atom. The summed E-state index contributed by atoms with van der Waals surface area (Å²) in [5.74, 6) is 0.764. The highest BCUT2D eigenvalue weighted by molar-refractivity contribution is 6.30. The lowest BCUT2D eigenvalue weighted by Crippen LogP contribution is -2.18. The van der Waals surface area contributed by atoms with Crippen LogP contribution in [0.3, 0.4) is 0 Å². The molecular formula is C14H13Cl2NO. The van der Waals surface area contributed by atoms with Crippen LogP contribution in [0.1, 0.15) is 11.7 Å². The van der Waals surface area contributed by atoms with Gasteiger partial charge in [-0.25, -0.2) is 4.84 Å². The maximum Gasteiger partial charge on any atom is 0.137 e. The van der Waals surface area contributed by atoms with Crippen molar-refractivity contribution in [2.45, 2.75) is 6.10 Å². The standard InChI is InChI=1S/C14H13Cl2NO/c15-12-6-8-13(9-7-12)18-14(10-17-16)11-4-2-1-3-5-11/h1-9,14,17H,10H2. The summed E-state index contributed by atoms with van der Waals surface area (Å²) in [7, 11) is 0. The zero-order valence-electron chi connectivity index (χ0n) is 9.64. The van der Waals surface area contributed by atoms with E-state index < -0.39 is 0 Å². The first kappa shape index (κ1) is 13.2. The first-order valence-electron chi connectivity index (χ1n) is 5.60. The minimum absolute atomic E-state index is 0.134. The van der Waals surface area contributed by atoms with Crippen molar-refractivity contribution in [3.05, 3.63) is 65.2 Å². The molecule has 0 aliphatic carbocycles. The van der Waals surface area contributed by atoms with Crippen molar-refractivity contribution in [1.29, 1.82) is 0 Å². The van der Waals surface area contributed by atoms with Crippen LogP contribution in [0, 0.1) is 0 Å². The highest BCUT2D eigenvalue weighted by Crippen LogP contribution is 2.23. The minimum Gasteiger partial charge on any atom is -0.484 e. The predicted octanol–water partition coefficient (Wildman–Crippen LogP) is 4.20. The third-order valence-electron chi connectivity index (χ3n) is 2.53. The largest absolute Gasteiger partial charge is 0.484 e. The molecule has 0 aliphatic heterocycles. The lowest BCUT2D eigenvalue weighted by molar-refractivity contribution is 0.210. The molecule has 94 valence electrons. The molecule has 2 aromatic rings. The van der Waals surface area contributed by atoms with Crippen LogP contribution in [-0.2, 0) is 0 Å². The Balaban J connectivity index is 2.14. The fourth-order valence-electron chi connectivity index (χ4n) is 1.64. The molecular weight excluding hydrogens is 269 g/mol. The third kappa shape index (κ3) is 3.64. The number of hydrogen-bond acceptors (Lipinski definition) is 2. The molecule has 0 fully saturated rings. The molecule has 2 rings (SSSR count). The van der Waals surface area contributed by atoms with Crippen LogP contribution in [0.2, 0.25) is 5.02 Å². The summed E-state index contributed by atoms with van der Waals surface area (Å²) in [5.41, 5.74) is 1.07. The molecule has 0 saturated heterocycles. The van der Waals surface area contributed by atoms with Crippen molar-refractivity contribution in [2.24, 2.45) is 0 Å². The van der Waals surface area contributed by atoms with Crippen LogP contribution >= 0.6 is 23.4 Å². The topological polar surface area (TPSA) is 21.3 Å². The maximum atomic E-state index is 5.89. The summed E-state index contributed by atoms with van der Waals surface area (Å²) in [5, 5.41) is 0.689. The molecule has 4 heteroatoms. The SMILES string of the molecule is ClNCC(Oc1ccc(Cl)cc1)c1ccccc1. The van der Waals surface area contributed by atoms with Crippen LogP contribution in [-0.4, -0.2) is 6.54 Å².